The number of fused-ring (bicyclic) bond motifs is 1. The Morgan fingerprint density at radius 2 is 2.22 bits per heavy atom. The summed E-state index contributed by atoms with van der Waals surface area (Å²) in [6.07, 6.45) is 2.63. The van der Waals surface area contributed by atoms with Gasteiger partial charge in [-0.3, -0.25) is 4.98 Å². The summed E-state index contributed by atoms with van der Waals surface area (Å²) in [5.41, 5.74) is 3.02. The van der Waals surface area contributed by atoms with Crippen molar-refractivity contribution in [2.45, 2.75) is 13.3 Å². The molecule has 0 aliphatic carbocycles. The second-order valence-corrected chi connectivity index (χ2v) is 5.10. The summed E-state index contributed by atoms with van der Waals surface area (Å²) in [5.74, 6) is 0. The standard InChI is InChI=1S/C15H14N2O/c1-11-4-13-5-12(2-3-14(13)17-7-11)6-15(8-16)9-18-10-15/h2-5,7H,6,9-10H2,1H3. The van der Waals surface area contributed by atoms with Crippen LogP contribution in [0.3, 0.4) is 0 Å². The maximum atomic E-state index is 9.21. The van der Waals surface area contributed by atoms with Crippen molar-refractivity contribution >= 4 is 10.9 Å². The molecule has 0 unspecified atom stereocenters. The first-order chi connectivity index (χ1) is 8.71. The van der Waals surface area contributed by atoms with Crippen LogP contribution in [0.2, 0.25) is 0 Å². The van der Waals surface area contributed by atoms with Gasteiger partial charge in [-0.05, 0) is 42.7 Å². The molecular formula is C15H14N2O. The first-order valence-corrected chi connectivity index (χ1v) is 6.05. The summed E-state index contributed by atoms with van der Waals surface area (Å²) in [6.45, 7) is 3.14. The van der Waals surface area contributed by atoms with Crippen LogP contribution < -0.4 is 0 Å². The fraction of sp³-hybridized carbons (Fsp3) is 0.333. The van der Waals surface area contributed by atoms with E-state index in [0.717, 1.165) is 22.9 Å². The van der Waals surface area contributed by atoms with Crippen molar-refractivity contribution in [3.8, 4) is 6.07 Å². The average Bonchev–Trinajstić information content (AvgIpc) is 2.33. The number of benzene rings is 1. The van der Waals surface area contributed by atoms with Gasteiger partial charge in [-0.2, -0.15) is 5.26 Å². The number of ether oxygens (including phenoxy) is 1. The van der Waals surface area contributed by atoms with Crippen LogP contribution in [-0.2, 0) is 11.2 Å². The van der Waals surface area contributed by atoms with E-state index in [9.17, 15) is 5.26 Å². The molecule has 2 heterocycles. The quantitative estimate of drug-likeness (QED) is 0.808. The molecule has 0 bridgehead atoms. The monoisotopic (exact) mass is 238 g/mol. The van der Waals surface area contributed by atoms with Crippen LogP contribution in [0.15, 0.2) is 30.5 Å². The zero-order valence-corrected chi connectivity index (χ0v) is 10.3. The minimum absolute atomic E-state index is 0.315. The van der Waals surface area contributed by atoms with E-state index in [1.165, 1.54) is 5.56 Å². The molecule has 1 saturated heterocycles. The lowest BCUT2D eigenvalue weighted by molar-refractivity contribution is -0.0765. The Bertz CT molecular complexity index is 638. The summed E-state index contributed by atoms with van der Waals surface area (Å²) in [6, 6.07) is 10.7. The minimum atomic E-state index is -0.315. The van der Waals surface area contributed by atoms with Gasteiger partial charge in [0.1, 0.15) is 5.41 Å². The van der Waals surface area contributed by atoms with Crippen LogP contribution >= 0.6 is 0 Å². The smallest absolute Gasteiger partial charge is 0.108 e. The van der Waals surface area contributed by atoms with E-state index in [1.54, 1.807) is 0 Å². The highest BCUT2D eigenvalue weighted by Gasteiger charge is 2.38. The zero-order chi connectivity index (χ0) is 12.6. The van der Waals surface area contributed by atoms with Gasteiger partial charge in [0.05, 0.1) is 24.8 Å². The van der Waals surface area contributed by atoms with Crippen molar-refractivity contribution in [2.24, 2.45) is 5.41 Å². The summed E-state index contributed by atoms with van der Waals surface area (Å²) < 4.78 is 5.17. The van der Waals surface area contributed by atoms with Crippen molar-refractivity contribution in [2.75, 3.05) is 13.2 Å². The lowest BCUT2D eigenvalue weighted by Gasteiger charge is -2.35. The van der Waals surface area contributed by atoms with Gasteiger partial charge in [0, 0.05) is 11.6 Å². The third-order valence-corrected chi connectivity index (χ3v) is 3.42. The Kier molecular flexibility index (Phi) is 2.53. The molecule has 0 radical (unpaired) electrons. The lowest BCUT2D eigenvalue weighted by atomic mass is 9.81. The number of nitriles is 1. The average molecular weight is 238 g/mol. The third kappa shape index (κ3) is 1.85. The molecule has 0 saturated carbocycles. The molecule has 18 heavy (non-hydrogen) atoms. The zero-order valence-electron chi connectivity index (χ0n) is 10.3. The van der Waals surface area contributed by atoms with Gasteiger partial charge in [-0.1, -0.05) is 6.07 Å². The Morgan fingerprint density at radius 1 is 1.39 bits per heavy atom. The van der Waals surface area contributed by atoms with E-state index in [4.69, 9.17) is 4.74 Å². The second kappa shape index (κ2) is 4.08. The van der Waals surface area contributed by atoms with Gasteiger partial charge >= 0.3 is 0 Å². The Balaban J connectivity index is 1.96. The Hall–Kier alpha value is -1.92. The lowest BCUT2D eigenvalue weighted by Crippen LogP contribution is -2.43. The minimum Gasteiger partial charge on any atom is -0.378 e. The fourth-order valence-corrected chi connectivity index (χ4v) is 2.35. The first kappa shape index (κ1) is 11.2. The topological polar surface area (TPSA) is 45.9 Å². The first-order valence-electron chi connectivity index (χ1n) is 6.05. The molecule has 0 N–H and O–H groups in total. The summed E-state index contributed by atoms with van der Waals surface area (Å²) in [7, 11) is 0. The summed E-state index contributed by atoms with van der Waals surface area (Å²) in [5, 5.41) is 10.4. The van der Waals surface area contributed by atoms with Gasteiger partial charge in [0.2, 0.25) is 0 Å². The number of nitrogens with zero attached hydrogens (tertiary/aromatic N) is 2. The van der Waals surface area contributed by atoms with E-state index >= 15 is 0 Å². The molecular weight excluding hydrogens is 224 g/mol. The van der Waals surface area contributed by atoms with Crippen LogP contribution in [-0.4, -0.2) is 18.2 Å². The SMILES string of the molecule is Cc1cnc2ccc(CC3(C#N)COC3)cc2c1. The van der Waals surface area contributed by atoms with Crippen LogP contribution in [0.5, 0.6) is 0 Å². The molecule has 1 aromatic carbocycles. The van der Waals surface area contributed by atoms with Gasteiger partial charge < -0.3 is 4.74 Å². The van der Waals surface area contributed by atoms with Crippen molar-refractivity contribution in [1.82, 2.24) is 4.98 Å². The van der Waals surface area contributed by atoms with Gasteiger partial charge in [-0.15, -0.1) is 0 Å². The summed E-state index contributed by atoms with van der Waals surface area (Å²) in [4.78, 5) is 4.38. The predicted octanol–water partition coefficient (Wildman–Crippen LogP) is 2.63. The number of hydrogen-bond donors (Lipinski definition) is 0. The number of hydrogen-bond acceptors (Lipinski definition) is 3. The fourth-order valence-electron chi connectivity index (χ4n) is 2.35. The molecule has 1 aromatic heterocycles. The Labute approximate surface area is 106 Å². The largest absolute Gasteiger partial charge is 0.378 e. The van der Waals surface area contributed by atoms with Crippen LogP contribution in [0, 0.1) is 23.7 Å². The van der Waals surface area contributed by atoms with Gasteiger partial charge in [0.15, 0.2) is 0 Å². The van der Waals surface area contributed by atoms with E-state index in [-0.39, 0.29) is 5.41 Å². The highest BCUT2D eigenvalue weighted by molar-refractivity contribution is 5.79. The summed E-state index contributed by atoms with van der Waals surface area (Å²) >= 11 is 0. The molecule has 0 spiro atoms. The third-order valence-electron chi connectivity index (χ3n) is 3.42. The van der Waals surface area contributed by atoms with E-state index < -0.39 is 0 Å². The Morgan fingerprint density at radius 3 is 2.89 bits per heavy atom. The molecule has 1 aliphatic heterocycles. The van der Waals surface area contributed by atoms with Gasteiger partial charge in [0.25, 0.3) is 0 Å². The molecule has 3 heteroatoms. The molecule has 3 nitrogen and oxygen atoms in total. The molecule has 1 fully saturated rings. The van der Waals surface area contributed by atoms with Crippen LogP contribution in [0.1, 0.15) is 11.1 Å². The number of rotatable bonds is 2. The molecule has 90 valence electrons. The highest BCUT2D eigenvalue weighted by atomic mass is 16.5. The van der Waals surface area contributed by atoms with Crippen molar-refractivity contribution in [1.29, 1.82) is 5.26 Å². The van der Waals surface area contributed by atoms with Crippen molar-refractivity contribution in [3.63, 3.8) is 0 Å². The molecule has 0 amide bonds. The van der Waals surface area contributed by atoms with E-state index in [1.807, 2.05) is 19.2 Å². The van der Waals surface area contributed by atoms with Crippen molar-refractivity contribution in [3.05, 3.63) is 41.6 Å². The van der Waals surface area contributed by atoms with Crippen molar-refractivity contribution < 1.29 is 4.74 Å². The highest BCUT2D eigenvalue weighted by Crippen LogP contribution is 2.31. The molecule has 2 aromatic rings. The number of aryl methyl sites for hydroxylation is 1. The maximum absolute atomic E-state index is 9.21. The molecule has 3 rings (SSSR count). The number of aromatic nitrogens is 1. The number of pyridine rings is 1. The second-order valence-electron chi connectivity index (χ2n) is 5.10. The van der Waals surface area contributed by atoms with E-state index in [2.05, 4.69) is 29.3 Å². The van der Waals surface area contributed by atoms with E-state index in [0.29, 0.717) is 13.2 Å². The normalized spacial score (nSPS) is 17.1. The van der Waals surface area contributed by atoms with Crippen LogP contribution in [0.25, 0.3) is 10.9 Å². The predicted molar refractivity (Wildman–Crippen MR) is 69.0 cm³/mol. The van der Waals surface area contributed by atoms with Gasteiger partial charge in [-0.25, -0.2) is 0 Å². The molecule has 0 atom stereocenters. The molecule has 1 aliphatic rings. The maximum Gasteiger partial charge on any atom is 0.108 e. The van der Waals surface area contributed by atoms with Crippen LogP contribution in [0.4, 0.5) is 0 Å².